The lowest BCUT2D eigenvalue weighted by molar-refractivity contribution is -0.140. The van der Waals surface area contributed by atoms with Crippen LogP contribution in [0, 0.1) is 5.92 Å². The van der Waals surface area contributed by atoms with E-state index in [0.717, 1.165) is 49.4 Å². The number of hydrogen-bond donors (Lipinski definition) is 1. The minimum absolute atomic E-state index is 0.133. The maximum atomic E-state index is 14.0. The molecule has 0 spiro atoms. The average Bonchev–Trinajstić information content (AvgIpc) is 3.26. The van der Waals surface area contributed by atoms with Crippen LogP contribution in [0.2, 0.25) is 0 Å². The molecular formula is C28H38N2O3. The van der Waals surface area contributed by atoms with Gasteiger partial charge in [0.05, 0.1) is 19.6 Å². The summed E-state index contributed by atoms with van der Waals surface area (Å²) in [4.78, 5) is 16.2. The fourth-order valence-electron chi connectivity index (χ4n) is 5.84. The third-order valence-corrected chi connectivity index (χ3v) is 7.75. The molecule has 2 heterocycles. The van der Waals surface area contributed by atoms with Crippen LogP contribution in [0.4, 0.5) is 0 Å². The summed E-state index contributed by atoms with van der Waals surface area (Å²) in [6.45, 7) is 9.20. The Morgan fingerprint density at radius 3 is 2.64 bits per heavy atom. The van der Waals surface area contributed by atoms with Crippen LogP contribution in [0.25, 0.3) is 0 Å². The van der Waals surface area contributed by atoms with Crippen LogP contribution in [0.3, 0.4) is 0 Å². The van der Waals surface area contributed by atoms with Crippen LogP contribution in [0.15, 0.2) is 48.5 Å². The van der Waals surface area contributed by atoms with Gasteiger partial charge in [-0.2, -0.15) is 0 Å². The van der Waals surface area contributed by atoms with Crippen LogP contribution in [0.1, 0.15) is 57.1 Å². The number of amides is 1. The predicted molar refractivity (Wildman–Crippen MR) is 132 cm³/mol. The van der Waals surface area contributed by atoms with Crippen molar-refractivity contribution in [3.8, 4) is 11.5 Å². The van der Waals surface area contributed by atoms with Gasteiger partial charge in [0.25, 0.3) is 0 Å². The average molecular weight is 451 g/mol. The molecule has 178 valence electrons. The summed E-state index contributed by atoms with van der Waals surface area (Å²) >= 11 is 0. The molecule has 4 unspecified atom stereocenters. The number of para-hydroxylation sites is 1. The molecule has 4 atom stereocenters. The van der Waals surface area contributed by atoms with Gasteiger partial charge in [-0.3, -0.25) is 4.79 Å². The Hall–Kier alpha value is -2.53. The zero-order valence-corrected chi connectivity index (χ0v) is 20.5. The lowest BCUT2D eigenvalue weighted by Gasteiger charge is -2.43. The van der Waals surface area contributed by atoms with Crippen LogP contribution in [-0.2, 0) is 10.2 Å². The molecular weight excluding hydrogens is 412 g/mol. The highest BCUT2D eigenvalue weighted by atomic mass is 16.5. The van der Waals surface area contributed by atoms with E-state index in [0.29, 0.717) is 19.1 Å². The van der Waals surface area contributed by atoms with Gasteiger partial charge >= 0.3 is 0 Å². The number of ether oxygens (including phenoxy) is 2. The maximum absolute atomic E-state index is 14.0. The van der Waals surface area contributed by atoms with Crippen molar-refractivity contribution in [3.05, 3.63) is 59.7 Å². The Morgan fingerprint density at radius 2 is 1.94 bits per heavy atom. The van der Waals surface area contributed by atoms with Gasteiger partial charge in [0.1, 0.15) is 0 Å². The van der Waals surface area contributed by atoms with Gasteiger partial charge in [0.2, 0.25) is 5.91 Å². The standard InChI is InChI=1S/C28H38N2O3/c1-5-22-17-21(20-11-8-7-9-12-20)15-16-30(22)27(31)24-18-29-19-28(24,3)23-13-10-14-25(32-4)26(23)33-6-2/h7-14,21-22,24,29H,5-6,15-19H2,1-4H3. The van der Waals surface area contributed by atoms with Crippen LogP contribution in [0.5, 0.6) is 11.5 Å². The molecule has 5 heteroatoms. The Morgan fingerprint density at radius 1 is 1.15 bits per heavy atom. The van der Waals surface area contributed by atoms with Crippen LogP contribution < -0.4 is 14.8 Å². The van der Waals surface area contributed by atoms with Crippen molar-refractivity contribution in [2.75, 3.05) is 33.4 Å². The Balaban J connectivity index is 1.59. The van der Waals surface area contributed by atoms with Gasteiger partial charge in [0, 0.05) is 36.7 Å². The summed E-state index contributed by atoms with van der Waals surface area (Å²) in [5.74, 6) is 2.15. The summed E-state index contributed by atoms with van der Waals surface area (Å²) in [6.07, 6.45) is 3.04. The number of rotatable bonds is 7. The highest BCUT2D eigenvalue weighted by Crippen LogP contribution is 2.45. The molecule has 5 nitrogen and oxygen atoms in total. The first kappa shape index (κ1) is 23.6. The van der Waals surface area contributed by atoms with E-state index in [4.69, 9.17) is 9.47 Å². The predicted octanol–water partition coefficient (Wildman–Crippen LogP) is 4.76. The molecule has 1 N–H and O–H groups in total. The van der Waals surface area contributed by atoms with Gasteiger partial charge in [-0.1, -0.05) is 56.3 Å². The topological polar surface area (TPSA) is 50.8 Å². The number of methoxy groups -OCH3 is 1. The van der Waals surface area contributed by atoms with Crippen molar-refractivity contribution in [2.24, 2.45) is 5.92 Å². The number of likely N-dealkylation sites (tertiary alicyclic amines) is 1. The molecule has 2 aromatic carbocycles. The van der Waals surface area contributed by atoms with Gasteiger partial charge < -0.3 is 19.7 Å². The highest BCUT2D eigenvalue weighted by Gasteiger charge is 2.49. The highest BCUT2D eigenvalue weighted by molar-refractivity contribution is 5.82. The minimum atomic E-state index is -0.356. The quantitative estimate of drug-likeness (QED) is 0.661. The van der Waals surface area contributed by atoms with Gasteiger partial charge in [-0.05, 0) is 43.7 Å². The summed E-state index contributed by atoms with van der Waals surface area (Å²) in [5.41, 5.74) is 2.09. The molecule has 4 rings (SSSR count). The Labute approximate surface area is 198 Å². The Kier molecular flexibility index (Phi) is 7.28. The zero-order valence-electron chi connectivity index (χ0n) is 20.5. The first-order valence-corrected chi connectivity index (χ1v) is 12.4. The van der Waals surface area contributed by atoms with Gasteiger partial charge in [-0.25, -0.2) is 0 Å². The second-order valence-electron chi connectivity index (χ2n) is 9.60. The first-order valence-electron chi connectivity index (χ1n) is 12.4. The molecule has 0 aliphatic carbocycles. The first-order chi connectivity index (χ1) is 16.0. The molecule has 2 aromatic rings. The van der Waals surface area contributed by atoms with Crippen molar-refractivity contribution in [3.63, 3.8) is 0 Å². The Bertz CT molecular complexity index is 947. The number of hydrogen-bond acceptors (Lipinski definition) is 4. The molecule has 0 aromatic heterocycles. The normalized spacial score (nSPS) is 27.4. The lowest BCUT2D eigenvalue weighted by Crippen LogP contribution is -2.51. The van der Waals surface area contributed by atoms with Crippen LogP contribution >= 0.6 is 0 Å². The van der Waals surface area contributed by atoms with E-state index in [1.54, 1.807) is 7.11 Å². The second kappa shape index (κ2) is 10.2. The largest absolute Gasteiger partial charge is 0.493 e. The summed E-state index contributed by atoms with van der Waals surface area (Å²) < 4.78 is 11.6. The van der Waals surface area contributed by atoms with Gasteiger partial charge in [0.15, 0.2) is 11.5 Å². The molecule has 33 heavy (non-hydrogen) atoms. The summed E-state index contributed by atoms with van der Waals surface area (Å²) in [5, 5.41) is 3.51. The van der Waals surface area contributed by atoms with E-state index in [9.17, 15) is 4.79 Å². The van der Waals surface area contributed by atoms with Crippen molar-refractivity contribution in [1.29, 1.82) is 0 Å². The molecule has 2 aliphatic heterocycles. The summed E-state index contributed by atoms with van der Waals surface area (Å²) in [6, 6.07) is 17.1. The van der Waals surface area contributed by atoms with E-state index < -0.39 is 0 Å². The van der Waals surface area contributed by atoms with Crippen molar-refractivity contribution < 1.29 is 14.3 Å². The number of carbonyl (C=O) groups excluding carboxylic acids is 1. The zero-order chi connectivity index (χ0) is 23.4. The molecule has 2 saturated heterocycles. The molecule has 1 amide bonds. The number of piperidine rings is 1. The molecule has 0 saturated carbocycles. The van der Waals surface area contributed by atoms with E-state index >= 15 is 0 Å². The molecule has 0 radical (unpaired) electrons. The van der Waals surface area contributed by atoms with Crippen molar-refractivity contribution in [2.45, 2.75) is 57.4 Å². The second-order valence-corrected chi connectivity index (χ2v) is 9.60. The molecule has 2 aliphatic rings. The SMILES string of the molecule is CCOc1c(OC)cccc1C1(C)CNCC1C(=O)N1CCC(c2ccccc2)CC1CC. The molecule has 0 bridgehead atoms. The fraction of sp³-hybridized carbons (Fsp3) is 0.536. The lowest BCUT2D eigenvalue weighted by atomic mass is 9.72. The van der Waals surface area contributed by atoms with E-state index in [1.807, 2.05) is 19.1 Å². The third kappa shape index (κ3) is 4.48. The number of benzene rings is 2. The van der Waals surface area contributed by atoms with Gasteiger partial charge in [-0.15, -0.1) is 0 Å². The number of carbonyl (C=O) groups is 1. The van der Waals surface area contributed by atoms with Crippen molar-refractivity contribution in [1.82, 2.24) is 10.2 Å². The number of nitrogens with one attached hydrogen (secondary N) is 1. The number of nitrogens with zero attached hydrogens (tertiary/aromatic N) is 1. The van der Waals surface area contributed by atoms with E-state index in [1.165, 1.54) is 5.56 Å². The van der Waals surface area contributed by atoms with E-state index in [-0.39, 0.29) is 23.3 Å². The smallest absolute Gasteiger partial charge is 0.228 e. The fourth-order valence-corrected chi connectivity index (χ4v) is 5.84. The maximum Gasteiger partial charge on any atom is 0.228 e. The molecule has 2 fully saturated rings. The third-order valence-electron chi connectivity index (χ3n) is 7.75. The minimum Gasteiger partial charge on any atom is -0.493 e. The summed E-state index contributed by atoms with van der Waals surface area (Å²) in [7, 11) is 1.67. The van der Waals surface area contributed by atoms with Crippen LogP contribution in [-0.4, -0.2) is 50.2 Å². The van der Waals surface area contributed by atoms with E-state index in [2.05, 4.69) is 60.5 Å². The van der Waals surface area contributed by atoms with Crippen molar-refractivity contribution >= 4 is 5.91 Å². The monoisotopic (exact) mass is 450 g/mol.